The number of hydrogen-bond acceptors (Lipinski definition) is 4. The Hall–Kier alpha value is -2.80. The number of phenols is 1. The summed E-state index contributed by atoms with van der Waals surface area (Å²) in [6.45, 7) is 1.96. The van der Waals surface area contributed by atoms with Gasteiger partial charge in [0.1, 0.15) is 5.75 Å². The average Bonchev–Trinajstić information content (AvgIpc) is 2.89. The lowest BCUT2D eigenvalue weighted by Gasteiger charge is -2.10. The number of aryl methyl sites for hydroxylation is 1. The minimum absolute atomic E-state index is 0.00801. The molecule has 3 rings (SSSR count). The second kappa shape index (κ2) is 5.77. The van der Waals surface area contributed by atoms with E-state index < -0.39 is 0 Å². The van der Waals surface area contributed by atoms with Crippen molar-refractivity contribution >= 4 is 17.9 Å². The smallest absolute Gasteiger partial charge is 0.260 e. The molecular weight excluding hydrogens is 312 g/mol. The van der Waals surface area contributed by atoms with Crippen LogP contribution in [0.1, 0.15) is 12.5 Å². The Morgan fingerprint density at radius 1 is 1.35 bits per heavy atom. The third-order valence-corrected chi connectivity index (χ3v) is 3.92. The lowest BCUT2D eigenvalue weighted by atomic mass is 10.1. The Bertz CT molecular complexity index is 930. The molecule has 6 nitrogen and oxygen atoms in total. The number of aromatic nitrogens is 3. The number of aromatic hydroxyl groups is 1. The predicted octanol–water partition coefficient (Wildman–Crippen LogP) is 2.88. The molecule has 0 fully saturated rings. The Morgan fingerprint density at radius 3 is 2.83 bits per heavy atom. The van der Waals surface area contributed by atoms with Gasteiger partial charge in [0.05, 0.1) is 17.3 Å². The first kappa shape index (κ1) is 15.1. The summed E-state index contributed by atoms with van der Waals surface area (Å²) in [5.41, 5.74) is 8.56. The van der Waals surface area contributed by atoms with Gasteiger partial charge in [0.25, 0.3) is 5.75 Å². The Labute approximate surface area is 137 Å². The number of nitrogens with one attached hydrogen (secondary N) is 1. The fraction of sp³-hybridized carbons (Fsp3) is 0.125. The fourth-order valence-corrected chi connectivity index (χ4v) is 2.72. The number of hydrogen-bond donors (Lipinski definition) is 3. The first-order chi connectivity index (χ1) is 11.0. The summed E-state index contributed by atoms with van der Waals surface area (Å²) >= 11 is 5.31. The van der Waals surface area contributed by atoms with Crippen LogP contribution in [-0.2, 0) is 6.42 Å². The number of phenolic OH excluding ortho intramolecular Hbond substituents is 1. The van der Waals surface area contributed by atoms with Gasteiger partial charge in [-0.05, 0) is 42.9 Å². The molecule has 0 saturated carbocycles. The SMILES string of the molecule is CCc1cc(-c2n[nH]c(=S)n2-c2cccc(N)c2)c(O)cc1[OH2+]. The molecule has 2 aromatic carbocycles. The molecule has 0 aliphatic heterocycles. The minimum Gasteiger partial charge on any atom is -0.593 e. The van der Waals surface area contributed by atoms with Gasteiger partial charge in [-0.25, -0.2) is 0 Å². The van der Waals surface area contributed by atoms with Gasteiger partial charge in [-0.3, -0.25) is 9.67 Å². The maximum Gasteiger partial charge on any atom is 0.260 e. The van der Waals surface area contributed by atoms with E-state index in [1.807, 2.05) is 19.1 Å². The zero-order chi connectivity index (χ0) is 16.6. The van der Waals surface area contributed by atoms with E-state index in [4.69, 9.17) is 23.1 Å². The summed E-state index contributed by atoms with van der Waals surface area (Å²) < 4.78 is 2.11. The van der Waals surface area contributed by atoms with Crippen molar-refractivity contribution in [3.05, 3.63) is 46.7 Å². The molecule has 0 saturated heterocycles. The van der Waals surface area contributed by atoms with Crippen molar-refractivity contribution in [2.75, 3.05) is 5.73 Å². The van der Waals surface area contributed by atoms with Crippen LogP contribution in [-0.4, -0.2) is 25.0 Å². The van der Waals surface area contributed by atoms with Crippen molar-refractivity contribution in [1.82, 2.24) is 14.8 Å². The molecule has 0 unspecified atom stereocenters. The van der Waals surface area contributed by atoms with Crippen LogP contribution in [0.4, 0.5) is 5.69 Å². The van der Waals surface area contributed by atoms with E-state index in [-0.39, 0.29) is 5.75 Å². The number of rotatable bonds is 3. The number of aromatic amines is 1. The van der Waals surface area contributed by atoms with Crippen LogP contribution in [0.25, 0.3) is 17.1 Å². The average molecular weight is 329 g/mol. The van der Waals surface area contributed by atoms with E-state index in [0.717, 1.165) is 11.3 Å². The fourth-order valence-electron chi connectivity index (χ4n) is 2.49. The molecule has 7 heteroatoms. The lowest BCUT2D eigenvalue weighted by Crippen LogP contribution is -1.99. The van der Waals surface area contributed by atoms with Crippen molar-refractivity contribution in [3.8, 4) is 28.6 Å². The molecule has 0 bridgehead atoms. The largest absolute Gasteiger partial charge is 0.593 e. The second-order valence-corrected chi connectivity index (χ2v) is 5.55. The van der Waals surface area contributed by atoms with E-state index in [9.17, 15) is 5.11 Å². The highest BCUT2D eigenvalue weighted by Crippen LogP contribution is 2.35. The van der Waals surface area contributed by atoms with Gasteiger partial charge in [0.15, 0.2) is 10.6 Å². The third-order valence-electron chi connectivity index (χ3n) is 3.64. The van der Waals surface area contributed by atoms with E-state index in [2.05, 4.69) is 10.2 Å². The predicted molar refractivity (Wildman–Crippen MR) is 92.7 cm³/mol. The van der Waals surface area contributed by atoms with Crippen molar-refractivity contribution in [2.24, 2.45) is 0 Å². The van der Waals surface area contributed by atoms with Crippen molar-refractivity contribution in [1.29, 1.82) is 0 Å². The van der Waals surface area contributed by atoms with Crippen LogP contribution in [0.3, 0.4) is 0 Å². The van der Waals surface area contributed by atoms with Gasteiger partial charge >= 0.3 is 0 Å². The van der Waals surface area contributed by atoms with E-state index in [1.165, 1.54) is 6.07 Å². The van der Waals surface area contributed by atoms with Crippen LogP contribution in [0.15, 0.2) is 36.4 Å². The molecule has 6 N–H and O–H groups in total. The molecule has 23 heavy (non-hydrogen) atoms. The topological polar surface area (TPSA) is 103 Å². The monoisotopic (exact) mass is 329 g/mol. The Kier molecular flexibility index (Phi) is 3.79. The molecule has 0 radical (unpaired) electrons. The standard InChI is InChI=1S/C16H16N4O2S/c1-2-9-6-12(14(22)8-13(9)21)15-18-19-16(23)20(15)11-5-3-4-10(17)7-11/h3-8,21-22H,2,17H2,1H3,(H,19,23)/p+1. The number of nitrogen functional groups attached to an aromatic ring is 1. The van der Waals surface area contributed by atoms with Crippen LogP contribution in [0, 0.1) is 4.77 Å². The number of nitrogens with zero attached hydrogens (tertiary/aromatic N) is 2. The molecule has 1 heterocycles. The van der Waals surface area contributed by atoms with Gasteiger partial charge in [-0.2, -0.15) is 5.10 Å². The molecule has 0 amide bonds. The maximum atomic E-state index is 10.3. The number of nitrogens with two attached hydrogens (primary N) is 1. The highest BCUT2D eigenvalue weighted by molar-refractivity contribution is 7.71. The number of H-pyrrole nitrogens is 1. The summed E-state index contributed by atoms with van der Waals surface area (Å²) in [5.74, 6) is 0.776. The molecule has 3 aromatic rings. The summed E-state index contributed by atoms with van der Waals surface area (Å²) in [7, 11) is 0. The van der Waals surface area contributed by atoms with Gasteiger partial charge < -0.3 is 15.9 Å². The Balaban J connectivity index is 2.26. The summed E-state index contributed by atoms with van der Waals surface area (Å²) in [4.78, 5) is 0. The quantitative estimate of drug-likeness (QED) is 0.390. The highest BCUT2D eigenvalue weighted by atomic mass is 32.1. The third kappa shape index (κ3) is 2.66. The van der Waals surface area contributed by atoms with Crippen molar-refractivity contribution in [3.63, 3.8) is 0 Å². The highest BCUT2D eigenvalue weighted by Gasteiger charge is 2.18. The number of anilines is 1. The zero-order valence-corrected chi connectivity index (χ0v) is 13.3. The molecule has 0 aliphatic carbocycles. The van der Waals surface area contributed by atoms with Crippen molar-refractivity contribution < 1.29 is 10.2 Å². The first-order valence-corrected chi connectivity index (χ1v) is 7.53. The summed E-state index contributed by atoms with van der Waals surface area (Å²) in [5, 5.41) is 25.1. The van der Waals surface area contributed by atoms with Gasteiger partial charge in [0.2, 0.25) is 0 Å². The van der Waals surface area contributed by atoms with Crippen LogP contribution < -0.4 is 5.73 Å². The Morgan fingerprint density at radius 2 is 2.13 bits per heavy atom. The van der Waals surface area contributed by atoms with Crippen LogP contribution in [0.5, 0.6) is 11.5 Å². The summed E-state index contributed by atoms with van der Waals surface area (Å²) in [6.07, 6.45) is 0.690. The zero-order valence-electron chi connectivity index (χ0n) is 12.5. The maximum absolute atomic E-state index is 10.3. The van der Waals surface area contributed by atoms with Gasteiger partial charge in [-0.1, -0.05) is 13.0 Å². The molecule has 0 spiro atoms. The lowest BCUT2D eigenvalue weighted by molar-refractivity contribution is 0.447. The van der Waals surface area contributed by atoms with Gasteiger partial charge in [0, 0.05) is 11.3 Å². The molecule has 0 aliphatic rings. The van der Waals surface area contributed by atoms with E-state index >= 15 is 0 Å². The number of benzene rings is 2. The minimum atomic E-state index is -0.00801. The normalized spacial score (nSPS) is 10.8. The van der Waals surface area contributed by atoms with Crippen molar-refractivity contribution in [2.45, 2.75) is 13.3 Å². The first-order valence-electron chi connectivity index (χ1n) is 7.12. The second-order valence-electron chi connectivity index (χ2n) is 5.16. The molecule has 1 aromatic heterocycles. The van der Waals surface area contributed by atoms with Gasteiger partial charge in [-0.15, -0.1) is 0 Å². The molecular formula is C16H17N4O2S+. The summed E-state index contributed by atoms with van der Waals surface area (Å²) in [6, 6.07) is 10.5. The molecule has 0 atom stereocenters. The van der Waals surface area contributed by atoms with Crippen LogP contribution >= 0.6 is 12.2 Å². The van der Waals surface area contributed by atoms with E-state index in [0.29, 0.717) is 34.0 Å². The molecule has 118 valence electrons. The van der Waals surface area contributed by atoms with Crippen LogP contribution in [0.2, 0.25) is 0 Å². The van der Waals surface area contributed by atoms with E-state index in [1.54, 1.807) is 22.8 Å².